The maximum absolute atomic E-state index is 11.3. The predicted molar refractivity (Wildman–Crippen MR) is 62.0 cm³/mol. The van der Waals surface area contributed by atoms with Crippen molar-refractivity contribution in [3.8, 4) is 11.8 Å². The Labute approximate surface area is 94.7 Å². The van der Waals surface area contributed by atoms with E-state index >= 15 is 0 Å². The van der Waals surface area contributed by atoms with Gasteiger partial charge in [0.05, 0.1) is 5.69 Å². The molecule has 5 nitrogen and oxygen atoms in total. The summed E-state index contributed by atoms with van der Waals surface area (Å²) in [5.41, 5.74) is 0.883. The van der Waals surface area contributed by atoms with E-state index in [0.29, 0.717) is 11.3 Å². The van der Waals surface area contributed by atoms with Crippen molar-refractivity contribution in [2.45, 2.75) is 0 Å². The third-order valence-electron chi connectivity index (χ3n) is 1.74. The van der Waals surface area contributed by atoms with Gasteiger partial charge >= 0.3 is 0 Å². The Morgan fingerprint density at radius 3 is 2.69 bits per heavy atom. The lowest BCUT2D eigenvalue weighted by molar-refractivity contribution is 0.350. The van der Waals surface area contributed by atoms with Gasteiger partial charge in [-0.2, -0.15) is 8.42 Å². The number of para-hydroxylation sites is 1. The van der Waals surface area contributed by atoms with E-state index in [1.165, 1.54) is 7.05 Å². The average molecular weight is 240 g/mol. The summed E-state index contributed by atoms with van der Waals surface area (Å²) in [7, 11) is -2.24. The summed E-state index contributed by atoms with van der Waals surface area (Å²) in [5.74, 6) is 5.11. The first-order valence-electron chi connectivity index (χ1n) is 4.49. The van der Waals surface area contributed by atoms with Gasteiger partial charge < -0.3 is 5.11 Å². The van der Waals surface area contributed by atoms with Crippen LogP contribution in [0.15, 0.2) is 24.3 Å². The van der Waals surface area contributed by atoms with Crippen molar-refractivity contribution in [3.05, 3.63) is 29.8 Å². The van der Waals surface area contributed by atoms with E-state index in [1.54, 1.807) is 24.3 Å². The zero-order chi connectivity index (χ0) is 12.0. The molecule has 0 amide bonds. The van der Waals surface area contributed by atoms with Gasteiger partial charge in [0.25, 0.3) is 10.2 Å². The second-order valence-corrected chi connectivity index (χ2v) is 4.43. The van der Waals surface area contributed by atoms with Crippen LogP contribution in [0.25, 0.3) is 0 Å². The van der Waals surface area contributed by atoms with Crippen LogP contribution in [0.4, 0.5) is 5.69 Å². The van der Waals surface area contributed by atoms with Gasteiger partial charge in [-0.3, -0.25) is 4.72 Å². The molecule has 0 aliphatic rings. The molecule has 0 bridgehead atoms. The normalized spacial score (nSPS) is 10.4. The molecule has 0 saturated carbocycles. The summed E-state index contributed by atoms with van der Waals surface area (Å²) < 4.78 is 27.0. The molecule has 0 atom stereocenters. The van der Waals surface area contributed by atoms with Gasteiger partial charge in [0.2, 0.25) is 0 Å². The molecule has 0 unspecified atom stereocenters. The first-order chi connectivity index (χ1) is 7.59. The van der Waals surface area contributed by atoms with E-state index in [-0.39, 0.29) is 6.61 Å². The number of aliphatic hydroxyl groups is 1. The van der Waals surface area contributed by atoms with E-state index in [1.807, 2.05) is 0 Å². The van der Waals surface area contributed by atoms with Gasteiger partial charge in [-0.05, 0) is 12.1 Å². The number of hydrogen-bond donors (Lipinski definition) is 3. The predicted octanol–water partition coefficient (Wildman–Crippen LogP) is -0.0935. The van der Waals surface area contributed by atoms with Crippen molar-refractivity contribution in [1.82, 2.24) is 4.72 Å². The highest BCUT2D eigenvalue weighted by molar-refractivity contribution is 7.90. The molecule has 3 N–H and O–H groups in total. The quantitative estimate of drug-likeness (QED) is 0.646. The van der Waals surface area contributed by atoms with E-state index in [0.717, 1.165) is 0 Å². The fourth-order valence-corrected chi connectivity index (χ4v) is 1.58. The molecule has 16 heavy (non-hydrogen) atoms. The van der Waals surface area contributed by atoms with Crippen LogP contribution in [0.2, 0.25) is 0 Å². The van der Waals surface area contributed by atoms with Crippen LogP contribution in [-0.2, 0) is 10.2 Å². The van der Waals surface area contributed by atoms with Crippen molar-refractivity contribution in [2.75, 3.05) is 18.4 Å². The Bertz CT molecular complexity index is 514. The highest BCUT2D eigenvalue weighted by Gasteiger charge is 2.08. The molecule has 0 aliphatic heterocycles. The average Bonchev–Trinajstić information content (AvgIpc) is 2.27. The summed E-state index contributed by atoms with van der Waals surface area (Å²) >= 11 is 0. The lowest BCUT2D eigenvalue weighted by atomic mass is 10.2. The largest absolute Gasteiger partial charge is 0.384 e. The number of hydrogen-bond acceptors (Lipinski definition) is 3. The topological polar surface area (TPSA) is 78.4 Å². The summed E-state index contributed by atoms with van der Waals surface area (Å²) in [6, 6.07) is 6.68. The molecule has 0 saturated heterocycles. The van der Waals surface area contributed by atoms with Crippen molar-refractivity contribution in [2.24, 2.45) is 0 Å². The van der Waals surface area contributed by atoms with Gasteiger partial charge in [0.1, 0.15) is 6.61 Å². The summed E-state index contributed by atoms with van der Waals surface area (Å²) in [6.07, 6.45) is 0. The Hall–Kier alpha value is -1.55. The molecule has 6 heteroatoms. The second kappa shape index (κ2) is 5.51. The van der Waals surface area contributed by atoms with Gasteiger partial charge in [-0.15, -0.1) is 0 Å². The fourth-order valence-electron chi connectivity index (χ4n) is 1.01. The molecule has 1 aromatic rings. The number of anilines is 1. The summed E-state index contributed by atoms with van der Waals surface area (Å²) in [6.45, 7) is -0.271. The van der Waals surface area contributed by atoms with Crippen LogP contribution in [0.5, 0.6) is 0 Å². The first kappa shape index (κ1) is 12.5. The number of nitrogens with one attached hydrogen (secondary N) is 2. The molecule has 0 aromatic heterocycles. The maximum Gasteiger partial charge on any atom is 0.298 e. The third kappa shape index (κ3) is 3.55. The Morgan fingerprint density at radius 1 is 1.38 bits per heavy atom. The highest BCUT2D eigenvalue weighted by Crippen LogP contribution is 2.14. The van der Waals surface area contributed by atoms with Crippen LogP contribution >= 0.6 is 0 Å². The monoisotopic (exact) mass is 240 g/mol. The SMILES string of the molecule is CNS(=O)(=O)Nc1ccccc1C#CCO. The van der Waals surface area contributed by atoms with Crippen LogP contribution in [-0.4, -0.2) is 27.2 Å². The zero-order valence-electron chi connectivity index (χ0n) is 8.69. The number of aliphatic hydroxyl groups excluding tert-OH is 1. The lowest BCUT2D eigenvalue weighted by Gasteiger charge is -2.07. The van der Waals surface area contributed by atoms with Crippen LogP contribution in [0.1, 0.15) is 5.56 Å². The number of rotatable bonds is 3. The lowest BCUT2D eigenvalue weighted by Crippen LogP contribution is -2.26. The highest BCUT2D eigenvalue weighted by atomic mass is 32.2. The van der Waals surface area contributed by atoms with E-state index in [2.05, 4.69) is 21.3 Å². The molecule has 0 fully saturated rings. The van der Waals surface area contributed by atoms with Crippen LogP contribution in [0.3, 0.4) is 0 Å². The molecule has 0 spiro atoms. The summed E-state index contributed by atoms with van der Waals surface area (Å²) in [4.78, 5) is 0. The number of benzene rings is 1. The van der Waals surface area contributed by atoms with Crippen molar-refractivity contribution in [3.63, 3.8) is 0 Å². The van der Waals surface area contributed by atoms with E-state index in [4.69, 9.17) is 5.11 Å². The van der Waals surface area contributed by atoms with Crippen LogP contribution in [0, 0.1) is 11.8 Å². The Balaban J connectivity index is 3.05. The van der Waals surface area contributed by atoms with Gasteiger partial charge in [-0.25, -0.2) is 4.72 Å². The smallest absolute Gasteiger partial charge is 0.298 e. The Kier molecular flexibility index (Phi) is 4.31. The van der Waals surface area contributed by atoms with Gasteiger partial charge in [-0.1, -0.05) is 24.0 Å². The Morgan fingerprint density at radius 2 is 2.06 bits per heavy atom. The van der Waals surface area contributed by atoms with Gasteiger partial charge in [0.15, 0.2) is 0 Å². The fraction of sp³-hybridized carbons (Fsp3) is 0.200. The van der Waals surface area contributed by atoms with Crippen molar-refractivity contribution in [1.29, 1.82) is 0 Å². The summed E-state index contributed by atoms with van der Waals surface area (Å²) in [5, 5.41) is 8.57. The van der Waals surface area contributed by atoms with E-state index < -0.39 is 10.2 Å². The molecule has 1 rings (SSSR count). The first-order valence-corrected chi connectivity index (χ1v) is 5.97. The maximum atomic E-state index is 11.3. The second-order valence-electron chi connectivity index (χ2n) is 2.82. The minimum Gasteiger partial charge on any atom is -0.384 e. The van der Waals surface area contributed by atoms with Crippen molar-refractivity contribution < 1.29 is 13.5 Å². The van der Waals surface area contributed by atoms with Gasteiger partial charge in [0, 0.05) is 12.6 Å². The minimum atomic E-state index is -3.55. The molecule has 86 valence electrons. The molecule has 0 radical (unpaired) electrons. The molecule has 1 aromatic carbocycles. The molecular formula is C10H12N2O3S. The zero-order valence-corrected chi connectivity index (χ0v) is 9.50. The molecular weight excluding hydrogens is 228 g/mol. The van der Waals surface area contributed by atoms with E-state index in [9.17, 15) is 8.42 Å². The minimum absolute atomic E-state index is 0.271. The molecule has 0 aliphatic carbocycles. The standard InChI is InChI=1S/C10H12N2O3S/c1-11-16(14,15)12-10-7-3-2-5-9(10)6-4-8-13/h2-3,5,7,11-13H,8H2,1H3. The van der Waals surface area contributed by atoms with Crippen molar-refractivity contribution >= 4 is 15.9 Å². The molecule has 0 heterocycles. The van der Waals surface area contributed by atoms with Crippen LogP contribution < -0.4 is 9.44 Å². The third-order valence-corrected chi connectivity index (χ3v) is 2.77.